The first-order chi connectivity index (χ1) is 16.1. The highest BCUT2D eigenvalue weighted by Crippen LogP contribution is 2.30. The molecule has 0 aliphatic rings. The summed E-state index contributed by atoms with van der Waals surface area (Å²) in [5.74, 6) is 0.934. The molecule has 1 aromatic heterocycles. The molecule has 0 spiro atoms. The zero-order chi connectivity index (χ0) is 24.1. The van der Waals surface area contributed by atoms with Crippen molar-refractivity contribution in [1.82, 2.24) is 9.97 Å². The Morgan fingerprint density at radius 1 is 0.939 bits per heavy atom. The van der Waals surface area contributed by atoms with Crippen LogP contribution in [0.3, 0.4) is 0 Å². The lowest BCUT2D eigenvalue weighted by atomic mass is 10.0. The second-order valence-corrected chi connectivity index (χ2v) is 7.91. The van der Waals surface area contributed by atoms with Gasteiger partial charge in [0.25, 0.3) is 0 Å². The Balaban J connectivity index is 0.00000188. The minimum Gasteiger partial charge on any atom is -0.374 e. The summed E-state index contributed by atoms with van der Waals surface area (Å²) in [4.78, 5) is 23.2. The molecule has 1 heterocycles. The highest BCUT2D eigenvalue weighted by Gasteiger charge is 2.17. The normalized spacial score (nSPS) is 10.5. The predicted molar refractivity (Wildman–Crippen MR) is 140 cm³/mol. The lowest BCUT2D eigenvalue weighted by Gasteiger charge is -2.28. The number of rotatable bonds is 11. The van der Waals surface area contributed by atoms with E-state index >= 15 is 0 Å². The third kappa shape index (κ3) is 8.10. The monoisotopic (exact) mass is 449 g/mol. The van der Waals surface area contributed by atoms with Gasteiger partial charge in [-0.3, -0.25) is 9.78 Å². The van der Waals surface area contributed by atoms with Crippen LogP contribution in [-0.4, -0.2) is 41.6 Å². The lowest BCUT2D eigenvalue weighted by molar-refractivity contribution is -0.121. The van der Waals surface area contributed by atoms with Crippen molar-refractivity contribution in [2.75, 3.05) is 24.7 Å². The van der Waals surface area contributed by atoms with Crippen LogP contribution in [0.1, 0.15) is 48.9 Å². The summed E-state index contributed by atoms with van der Waals surface area (Å²) in [6, 6.07) is 20.7. The van der Waals surface area contributed by atoms with Gasteiger partial charge in [0.2, 0.25) is 0 Å². The molecule has 3 rings (SSSR count). The maximum absolute atomic E-state index is 11.0. The fraction of sp³-hybridized carbons (Fsp3) is 0.393. The first kappa shape index (κ1) is 26.2. The van der Waals surface area contributed by atoms with Gasteiger partial charge in [-0.2, -0.15) is 0 Å². The first-order valence-electron chi connectivity index (χ1n) is 11.9. The van der Waals surface area contributed by atoms with Crippen molar-refractivity contribution in [3.05, 3.63) is 66.9 Å². The van der Waals surface area contributed by atoms with E-state index in [0.717, 1.165) is 47.7 Å². The van der Waals surface area contributed by atoms with Gasteiger partial charge in [-0.15, -0.1) is 0 Å². The molecule has 0 radical (unpaired) electrons. The van der Waals surface area contributed by atoms with Crippen LogP contribution < -0.4 is 4.90 Å². The number of Topliss-reactive ketones (excluding diaryl/α,β-unsaturated/α-hetero) is 1. The number of aromatic nitrogens is 2. The third-order valence-electron chi connectivity index (χ3n) is 5.01. The molecule has 0 saturated carbocycles. The molecule has 5 heteroatoms. The average molecular weight is 450 g/mol. The quantitative estimate of drug-likeness (QED) is 0.305. The molecule has 0 bridgehead atoms. The van der Waals surface area contributed by atoms with Crippen LogP contribution in [0.2, 0.25) is 0 Å². The van der Waals surface area contributed by atoms with Gasteiger partial charge in [-0.25, -0.2) is 4.98 Å². The van der Waals surface area contributed by atoms with Gasteiger partial charge in [0, 0.05) is 31.7 Å². The molecule has 0 atom stereocenters. The van der Waals surface area contributed by atoms with Crippen LogP contribution in [-0.2, 0) is 9.53 Å². The van der Waals surface area contributed by atoms with Crippen molar-refractivity contribution in [3.63, 3.8) is 0 Å². The van der Waals surface area contributed by atoms with Crippen LogP contribution in [0.15, 0.2) is 66.9 Å². The molecular formula is C28H39N3O2. The van der Waals surface area contributed by atoms with E-state index in [1.165, 1.54) is 0 Å². The number of nitrogens with zero attached hydrogens (tertiary/aromatic N) is 3. The zero-order valence-electron chi connectivity index (χ0n) is 20.6. The second-order valence-electron chi connectivity index (χ2n) is 7.91. The van der Waals surface area contributed by atoms with Gasteiger partial charge < -0.3 is 9.64 Å². The van der Waals surface area contributed by atoms with Crippen molar-refractivity contribution in [3.8, 4) is 22.5 Å². The summed E-state index contributed by atoms with van der Waals surface area (Å²) >= 11 is 0. The smallest absolute Gasteiger partial charge is 0.155 e. The fourth-order valence-electron chi connectivity index (χ4n) is 3.46. The van der Waals surface area contributed by atoms with E-state index in [9.17, 15) is 4.79 Å². The van der Waals surface area contributed by atoms with Crippen LogP contribution >= 0.6 is 0 Å². The Labute approximate surface area is 200 Å². The lowest BCUT2D eigenvalue weighted by Crippen LogP contribution is -2.33. The maximum atomic E-state index is 11.0. The minimum absolute atomic E-state index is 0. The molecule has 178 valence electrons. The SMILES string of the molecule is CC.CC(=O)COCCCCN(c1cnc(-c2ccccc2)c(-c2ccccc2)n1)C(C)C.[HH]. The summed E-state index contributed by atoms with van der Waals surface area (Å²) in [6.45, 7) is 11.5. The van der Waals surface area contributed by atoms with Crippen LogP contribution in [0.5, 0.6) is 0 Å². The van der Waals surface area contributed by atoms with Crippen molar-refractivity contribution in [2.45, 2.75) is 53.5 Å². The highest BCUT2D eigenvalue weighted by molar-refractivity contribution is 5.78. The molecule has 0 aliphatic carbocycles. The summed E-state index contributed by atoms with van der Waals surface area (Å²) in [7, 11) is 0. The molecule has 0 saturated heterocycles. The largest absolute Gasteiger partial charge is 0.374 e. The van der Waals surface area contributed by atoms with Crippen molar-refractivity contribution in [2.24, 2.45) is 0 Å². The number of ether oxygens (including phenoxy) is 1. The van der Waals surface area contributed by atoms with E-state index in [4.69, 9.17) is 14.7 Å². The van der Waals surface area contributed by atoms with Crippen LogP contribution in [0.25, 0.3) is 22.5 Å². The molecule has 0 amide bonds. The Morgan fingerprint density at radius 2 is 1.52 bits per heavy atom. The number of carbonyl (C=O) groups excluding carboxylic acids is 1. The Kier molecular flexibility index (Phi) is 11.3. The minimum atomic E-state index is 0. The molecule has 3 aromatic rings. The van der Waals surface area contributed by atoms with Crippen LogP contribution in [0, 0.1) is 0 Å². The Hall–Kier alpha value is -3.05. The number of benzene rings is 2. The Morgan fingerprint density at radius 3 is 2.06 bits per heavy atom. The van der Waals surface area contributed by atoms with Crippen LogP contribution in [0.4, 0.5) is 5.82 Å². The molecule has 0 aliphatic heterocycles. The third-order valence-corrected chi connectivity index (χ3v) is 5.01. The number of ketones is 1. The maximum Gasteiger partial charge on any atom is 0.155 e. The van der Waals surface area contributed by atoms with E-state index in [2.05, 4.69) is 43.0 Å². The van der Waals surface area contributed by atoms with Gasteiger partial charge in [-0.05, 0) is 33.6 Å². The standard InChI is InChI=1S/C26H31N3O2.C2H6.H2/c1-20(2)29(16-10-11-17-31-19-21(3)30)24-18-27-25(22-12-6-4-7-13-22)26(28-24)23-14-8-5-9-15-23;1-2;/h4-9,12-15,18,20H,10-11,16-17,19H2,1-3H3;1-2H3;1H. The number of unbranched alkanes of at least 4 members (excludes halogenated alkanes) is 1. The molecule has 0 N–H and O–H groups in total. The summed E-state index contributed by atoms with van der Waals surface area (Å²) in [6.07, 6.45) is 3.73. The predicted octanol–water partition coefficient (Wildman–Crippen LogP) is 6.68. The highest BCUT2D eigenvalue weighted by atomic mass is 16.5. The summed E-state index contributed by atoms with van der Waals surface area (Å²) in [5.41, 5.74) is 3.88. The summed E-state index contributed by atoms with van der Waals surface area (Å²) in [5, 5.41) is 0. The molecule has 33 heavy (non-hydrogen) atoms. The van der Waals surface area contributed by atoms with E-state index in [1.54, 1.807) is 6.92 Å². The number of hydrogen-bond acceptors (Lipinski definition) is 5. The molecule has 0 unspecified atom stereocenters. The number of anilines is 1. The van der Waals surface area contributed by atoms with Crippen molar-refractivity contribution >= 4 is 11.6 Å². The zero-order valence-corrected chi connectivity index (χ0v) is 20.6. The van der Waals surface area contributed by atoms with E-state index in [0.29, 0.717) is 12.6 Å². The molecule has 2 aromatic carbocycles. The fourth-order valence-corrected chi connectivity index (χ4v) is 3.46. The van der Waals surface area contributed by atoms with Gasteiger partial charge in [0.05, 0.1) is 17.6 Å². The van der Waals surface area contributed by atoms with Gasteiger partial charge in [-0.1, -0.05) is 74.5 Å². The van der Waals surface area contributed by atoms with E-state index in [-0.39, 0.29) is 13.8 Å². The van der Waals surface area contributed by atoms with E-state index in [1.807, 2.05) is 56.4 Å². The number of carbonyl (C=O) groups is 1. The van der Waals surface area contributed by atoms with Crippen molar-refractivity contribution < 1.29 is 11.0 Å². The molecule has 0 fully saturated rings. The van der Waals surface area contributed by atoms with Gasteiger partial charge >= 0.3 is 0 Å². The second kappa shape index (κ2) is 14.2. The van der Waals surface area contributed by atoms with Gasteiger partial charge in [0.1, 0.15) is 12.4 Å². The first-order valence-corrected chi connectivity index (χ1v) is 11.9. The topological polar surface area (TPSA) is 55.3 Å². The summed E-state index contributed by atoms with van der Waals surface area (Å²) < 4.78 is 5.39. The molecular weight excluding hydrogens is 410 g/mol. The molecule has 5 nitrogen and oxygen atoms in total. The average Bonchev–Trinajstić information content (AvgIpc) is 2.85. The number of hydrogen-bond donors (Lipinski definition) is 0. The van der Waals surface area contributed by atoms with Gasteiger partial charge in [0.15, 0.2) is 5.78 Å². The van der Waals surface area contributed by atoms with Crippen molar-refractivity contribution in [1.29, 1.82) is 0 Å². The van der Waals surface area contributed by atoms with E-state index < -0.39 is 0 Å². The Bertz CT molecular complexity index is 966.